The van der Waals surface area contributed by atoms with Gasteiger partial charge < -0.3 is 10.7 Å². The minimum absolute atomic E-state index is 0.519. The summed E-state index contributed by atoms with van der Waals surface area (Å²) in [5.74, 6) is 0. The van der Waals surface area contributed by atoms with Crippen LogP contribution in [0.5, 0.6) is 0 Å². The normalized spacial score (nSPS) is 9.33. The second-order valence-electron chi connectivity index (χ2n) is 1.72. The molecular formula is C5H5BN2S. The van der Waals surface area contributed by atoms with Crippen LogP contribution in [0.15, 0.2) is 12.3 Å². The van der Waals surface area contributed by atoms with Gasteiger partial charge in [0.25, 0.3) is 0 Å². The van der Waals surface area contributed by atoms with E-state index in [0.29, 0.717) is 15.8 Å². The average Bonchev–Trinajstić information content (AvgIpc) is 1.80. The van der Waals surface area contributed by atoms with Crippen molar-refractivity contribution in [2.75, 3.05) is 5.73 Å². The SMILES string of the molecule is [B]c1c[nH]c(=S)c(N)c1. The molecule has 0 fully saturated rings. The third kappa shape index (κ3) is 1.32. The highest BCUT2D eigenvalue weighted by molar-refractivity contribution is 7.71. The van der Waals surface area contributed by atoms with Gasteiger partial charge in [-0.15, -0.1) is 0 Å². The van der Waals surface area contributed by atoms with Crippen molar-refractivity contribution in [2.24, 2.45) is 0 Å². The van der Waals surface area contributed by atoms with Gasteiger partial charge >= 0.3 is 0 Å². The topological polar surface area (TPSA) is 41.8 Å². The van der Waals surface area contributed by atoms with Gasteiger partial charge in [0.1, 0.15) is 12.5 Å². The Kier molecular flexibility index (Phi) is 1.57. The lowest BCUT2D eigenvalue weighted by Gasteiger charge is -1.93. The minimum atomic E-state index is 0.519. The van der Waals surface area contributed by atoms with Crippen LogP contribution in [0.3, 0.4) is 0 Å². The summed E-state index contributed by atoms with van der Waals surface area (Å²) in [7, 11) is 5.37. The summed E-state index contributed by atoms with van der Waals surface area (Å²) in [6.07, 6.45) is 1.61. The lowest BCUT2D eigenvalue weighted by Crippen LogP contribution is -2.04. The van der Waals surface area contributed by atoms with E-state index in [9.17, 15) is 0 Å². The highest BCUT2D eigenvalue weighted by Crippen LogP contribution is 1.95. The van der Waals surface area contributed by atoms with E-state index in [2.05, 4.69) is 4.98 Å². The Bertz CT molecular complexity index is 268. The molecule has 0 unspecified atom stereocenters. The van der Waals surface area contributed by atoms with E-state index in [-0.39, 0.29) is 0 Å². The van der Waals surface area contributed by atoms with Crippen LogP contribution in [0, 0.1) is 4.64 Å². The van der Waals surface area contributed by atoms with E-state index in [1.807, 2.05) is 0 Å². The molecule has 1 aromatic heterocycles. The van der Waals surface area contributed by atoms with Gasteiger partial charge in [-0.25, -0.2) is 0 Å². The largest absolute Gasteiger partial charge is 0.396 e. The number of nitrogen functional groups attached to an aromatic ring is 1. The summed E-state index contributed by atoms with van der Waals surface area (Å²) in [5, 5.41) is 0. The molecule has 0 spiro atoms. The minimum Gasteiger partial charge on any atom is -0.396 e. The number of anilines is 1. The zero-order valence-electron chi connectivity index (χ0n) is 4.72. The molecule has 0 saturated heterocycles. The molecule has 4 heteroatoms. The van der Waals surface area contributed by atoms with E-state index in [1.54, 1.807) is 12.3 Å². The molecule has 0 atom stereocenters. The van der Waals surface area contributed by atoms with Crippen molar-refractivity contribution in [3.8, 4) is 0 Å². The molecule has 0 saturated carbocycles. The summed E-state index contributed by atoms with van der Waals surface area (Å²) in [4.78, 5) is 2.73. The van der Waals surface area contributed by atoms with Crippen molar-refractivity contribution in [3.05, 3.63) is 16.9 Å². The maximum atomic E-state index is 5.41. The number of aromatic nitrogens is 1. The zero-order chi connectivity index (χ0) is 6.85. The number of rotatable bonds is 0. The molecule has 0 aliphatic carbocycles. The first-order valence-corrected chi connectivity index (χ1v) is 2.84. The van der Waals surface area contributed by atoms with Gasteiger partial charge in [-0.2, -0.15) is 0 Å². The molecule has 0 bridgehead atoms. The van der Waals surface area contributed by atoms with Gasteiger partial charge in [-0.05, 0) is 12.3 Å². The second kappa shape index (κ2) is 2.23. The van der Waals surface area contributed by atoms with Gasteiger partial charge in [0, 0.05) is 0 Å². The molecule has 1 heterocycles. The number of H-pyrrole nitrogens is 1. The van der Waals surface area contributed by atoms with Crippen LogP contribution in [0.2, 0.25) is 0 Å². The summed E-state index contributed by atoms with van der Waals surface area (Å²) >= 11 is 4.78. The fourth-order valence-corrected chi connectivity index (χ4v) is 0.637. The lowest BCUT2D eigenvalue weighted by atomic mass is 9.99. The molecule has 3 N–H and O–H groups in total. The van der Waals surface area contributed by atoms with Crippen molar-refractivity contribution < 1.29 is 0 Å². The number of nitrogens with two attached hydrogens (primary N) is 1. The van der Waals surface area contributed by atoms with Gasteiger partial charge in [0.15, 0.2) is 0 Å². The number of hydrogen-bond donors (Lipinski definition) is 2. The van der Waals surface area contributed by atoms with Crippen LogP contribution in [0.1, 0.15) is 0 Å². The van der Waals surface area contributed by atoms with Crippen LogP contribution in [0.25, 0.3) is 0 Å². The molecular weight excluding hydrogens is 131 g/mol. The molecule has 0 aliphatic rings. The van der Waals surface area contributed by atoms with Crippen LogP contribution < -0.4 is 11.2 Å². The van der Waals surface area contributed by atoms with Gasteiger partial charge in [0.05, 0.1) is 5.69 Å². The van der Waals surface area contributed by atoms with E-state index >= 15 is 0 Å². The first-order chi connectivity index (χ1) is 4.20. The molecule has 1 aromatic rings. The van der Waals surface area contributed by atoms with Gasteiger partial charge in [0.2, 0.25) is 0 Å². The molecule has 2 radical (unpaired) electrons. The van der Waals surface area contributed by atoms with Crippen molar-refractivity contribution in [3.63, 3.8) is 0 Å². The van der Waals surface area contributed by atoms with E-state index in [1.165, 1.54) is 0 Å². The van der Waals surface area contributed by atoms with Crippen LogP contribution in [-0.4, -0.2) is 12.8 Å². The van der Waals surface area contributed by atoms with E-state index in [0.717, 1.165) is 0 Å². The molecule has 0 aromatic carbocycles. The predicted molar refractivity (Wildman–Crippen MR) is 41.4 cm³/mol. The molecule has 0 aliphatic heterocycles. The number of hydrogen-bond acceptors (Lipinski definition) is 2. The third-order valence-corrected chi connectivity index (χ3v) is 1.31. The van der Waals surface area contributed by atoms with Crippen molar-refractivity contribution >= 4 is 31.2 Å². The smallest absolute Gasteiger partial charge is 0.126 e. The number of aromatic amines is 1. The van der Waals surface area contributed by atoms with E-state index in [4.69, 9.17) is 25.8 Å². The summed E-state index contributed by atoms with van der Waals surface area (Å²) < 4.78 is 0.532. The first-order valence-electron chi connectivity index (χ1n) is 2.44. The van der Waals surface area contributed by atoms with Gasteiger partial charge in [-0.1, -0.05) is 17.7 Å². The highest BCUT2D eigenvalue weighted by atomic mass is 32.1. The highest BCUT2D eigenvalue weighted by Gasteiger charge is 1.86. The summed E-state index contributed by atoms with van der Waals surface area (Å²) in [6.45, 7) is 0. The predicted octanol–water partition coefficient (Wildman–Crippen LogP) is 0.120. The second-order valence-corrected chi connectivity index (χ2v) is 2.13. The molecule has 2 nitrogen and oxygen atoms in total. The van der Waals surface area contributed by atoms with Crippen molar-refractivity contribution in [1.29, 1.82) is 0 Å². The first kappa shape index (κ1) is 6.36. The van der Waals surface area contributed by atoms with Crippen LogP contribution >= 0.6 is 12.2 Å². The Balaban J connectivity index is 3.34. The molecule has 9 heavy (non-hydrogen) atoms. The summed E-state index contributed by atoms with van der Waals surface area (Å²) in [5.41, 5.74) is 6.52. The Morgan fingerprint density at radius 3 is 2.78 bits per heavy atom. The average molecular weight is 136 g/mol. The standard InChI is InChI=1S/C5H5BN2S/c6-3-1-4(7)5(9)8-2-3/h1-2H,7H2,(H,8,9). The molecule has 0 amide bonds. The quantitative estimate of drug-likeness (QED) is 0.393. The maximum Gasteiger partial charge on any atom is 0.126 e. The molecule has 44 valence electrons. The Morgan fingerprint density at radius 2 is 2.33 bits per heavy atom. The molecule has 1 rings (SSSR count). The van der Waals surface area contributed by atoms with Crippen molar-refractivity contribution in [1.82, 2.24) is 4.98 Å². The van der Waals surface area contributed by atoms with Crippen LogP contribution in [0.4, 0.5) is 5.69 Å². The number of pyridine rings is 1. The Morgan fingerprint density at radius 1 is 1.67 bits per heavy atom. The van der Waals surface area contributed by atoms with Crippen molar-refractivity contribution in [2.45, 2.75) is 0 Å². The summed E-state index contributed by atoms with van der Waals surface area (Å²) in [6, 6.07) is 1.62. The van der Waals surface area contributed by atoms with Crippen LogP contribution in [-0.2, 0) is 0 Å². The monoisotopic (exact) mass is 136 g/mol. The van der Waals surface area contributed by atoms with E-state index < -0.39 is 0 Å². The third-order valence-electron chi connectivity index (χ3n) is 0.954. The fourth-order valence-electron chi connectivity index (χ4n) is 0.519. The lowest BCUT2D eigenvalue weighted by molar-refractivity contribution is 1.32. The fraction of sp³-hybridized carbons (Fsp3) is 0. The number of nitrogens with one attached hydrogen (secondary N) is 1. The Hall–Kier alpha value is -0.765. The maximum absolute atomic E-state index is 5.41. The Labute approximate surface area is 59.5 Å². The zero-order valence-corrected chi connectivity index (χ0v) is 5.53. The van der Waals surface area contributed by atoms with Gasteiger partial charge in [-0.3, -0.25) is 0 Å².